The van der Waals surface area contributed by atoms with E-state index in [4.69, 9.17) is 15.9 Å². The van der Waals surface area contributed by atoms with Gasteiger partial charge in [0.15, 0.2) is 0 Å². The molecule has 1 saturated carbocycles. The van der Waals surface area contributed by atoms with E-state index in [1.54, 1.807) is 25.3 Å². The van der Waals surface area contributed by atoms with Gasteiger partial charge in [0.05, 0.1) is 25.2 Å². The molecule has 1 aromatic rings. The SMILES string of the molecule is C#CCOc1ccc(OC)cc1/C=N\N1C(=O)[C@H]2[C@H](C1=O)[C@H]1C=C[C@H]2CC1. The van der Waals surface area contributed by atoms with Crippen molar-refractivity contribution in [2.24, 2.45) is 28.8 Å². The Morgan fingerprint density at radius 2 is 1.89 bits per heavy atom. The van der Waals surface area contributed by atoms with Gasteiger partial charge in [-0.2, -0.15) is 10.1 Å². The molecule has 1 aromatic carbocycles. The van der Waals surface area contributed by atoms with Crippen molar-refractivity contribution < 1.29 is 19.1 Å². The van der Waals surface area contributed by atoms with Gasteiger partial charge in [-0.15, -0.1) is 6.42 Å². The highest BCUT2D eigenvalue weighted by atomic mass is 16.5. The van der Waals surface area contributed by atoms with Crippen molar-refractivity contribution in [3.05, 3.63) is 35.9 Å². The monoisotopic (exact) mass is 364 g/mol. The number of nitrogens with zero attached hydrogens (tertiary/aromatic N) is 2. The topological polar surface area (TPSA) is 68.2 Å². The van der Waals surface area contributed by atoms with E-state index < -0.39 is 0 Å². The predicted molar refractivity (Wildman–Crippen MR) is 99.1 cm³/mol. The summed E-state index contributed by atoms with van der Waals surface area (Å²) in [4.78, 5) is 25.6. The summed E-state index contributed by atoms with van der Waals surface area (Å²) in [5.74, 6) is 2.83. The second kappa shape index (κ2) is 6.92. The zero-order valence-electron chi connectivity index (χ0n) is 15.0. The van der Waals surface area contributed by atoms with Gasteiger partial charge in [-0.05, 0) is 42.9 Å². The van der Waals surface area contributed by atoms with Crippen LogP contribution < -0.4 is 9.47 Å². The third-order valence-electron chi connectivity index (χ3n) is 5.58. The van der Waals surface area contributed by atoms with Crippen LogP contribution in [0.1, 0.15) is 18.4 Å². The van der Waals surface area contributed by atoms with E-state index in [0.717, 1.165) is 17.9 Å². The highest BCUT2D eigenvalue weighted by Crippen LogP contribution is 2.49. The van der Waals surface area contributed by atoms with Crippen molar-refractivity contribution in [3.63, 3.8) is 0 Å². The molecular formula is C21H20N2O4. The number of fused-ring (bicyclic) bond motifs is 1. The lowest BCUT2D eigenvalue weighted by Gasteiger charge is -2.37. The number of rotatable bonds is 5. The van der Waals surface area contributed by atoms with Crippen LogP contribution in [0.3, 0.4) is 0 Å². The molecule has 0 radical (unpaired) electrons. The molecule has 27 heavy (non-hydrogen) atoms. The summed E-state index contributed by atoms with van der Waals surface area (Å²) in [6.45, 7) is 0.105. The van der Waals surface area contributed by atoms with Crippen LogP contribution in [0.25, 0.3) is 0 Å². The first kappa shape index (κ1) is 17.3. The second-order valence-corrected chi connectivity index (χ2v) is 6.97. The molecule has 6 nitrogen and oxygen atoms in total. The van der Waals surface area contributed by atoms with Crippen LogP contribution in [0.5, 0.6) is 11.5 Å². The zero-order chi connectivity index (χ0) is 19.0. The minimum absolute atomic E-state index is 0.105. The van der Waals surface area contributed by atoms with Crippen LogP contribution in [0.2, 0.25) is 0 Å². The number of methoxy groups -OCH3 is 1. The molecular weight excluding hydrogens is 344 g/mol. The van der Waals surface area contributed by atoms with Gasteiger partial charge in [0.2, 0.25) is 0 Å². The summed E-state index contributed by atoms with van der Waals surface area (Å²) in [5, 5.41) is 5.24. The lowest BCUT2D eigenvalue weighted by atomic mass is 9.63. The summed E-state index contributed by atoms with van der Waals surface area (Å²) in [7, 11) is 1.55. The van der Waals surface area contributed by atoms with Crippen molar-refractivity contribution in [2.45, 2.75) is 12.8 Å². The van der Waals surface area contributed by atoms with E-state index >= 15 is 0 Å². The van der Waals surface area contributed by atoms with E-state index in [0.29, 0.717) is 17.1 Å². The van der Waals surface area contributed by atoms with Gasteiger partial charge in [-0.25, -0.2) is 0 Å². The largest absolute Gasteiger partial charge is 0.497 e. The average molecular weight is 364 g/mol. The molecule has 1 saturated heterocycles. The van der Waals surface area contributed by atoms with Gasteiger partial charge in [0.25, 0.3) is 11.8 Å². The fourth-order valence-electron chi connectivity index (χ4n) is 4.30. The summed E-state index contributed by atoms with van der Waals surface area (Å²) in [6, 6.07) is 5.18. The van der Waals surface area contributed by atoms with Crippen LogP contribution >= 0.6 is 0 Å². The molecule has 0 N–H and O–H groups in total. The number of carbonyl (C=O) groups excluding carboxylic acids is 2. The normalized spacial score (nSPS) is 28.5. The maximum atomic E-state index is 12.8. The molecule has 2 fully saturated rings. The Labute approximate surface area is 157 Å². The van der Waals surface area contributed by atoms with E-state index in [1.807, 2.05) is 0 Å². The van der Waals surface area contributed by atoms with Crippen LogP contribution in [0.15, 0.2) is 35.5 Å². The van der Waals surface area contributed by atoms with Gasteiger partial charge in [0, 0.05) is 5.56 Å². The fourth-order valence-corrected chi connectivity index (χ4v) is 4.30. The van der Waals surface area contributed by atoms with Gasteiger partial charge in [-0.3, -0.25) is 9.59 Å². The van der Waals surface area contributed by atoms with Crippen molar-refractivity contribution >= 4 is 18.0 Å². The number of ether oxygens (including phenoxy) is 2. The van der Waals surface area contributed by atoms with Crippen molar-refractivity contribution in [1.82, 2.24) is 5.01 Å². The highest BCUT2D eigenvalue weighted by Gasteiger charge is 2.56. The molecule has 0 aromatic heterocycles. The molecule has 0 unspecified atom stereocenters. The Bertz CT molecular complexity index is 851. The number of hydrogen-bond acceptors (Lipinski definition) is 5. The Hall–Kier alpha value is -3.07. The average Bonchev–Trinajstić information content (AvgIpc) is 2.98. The van der Waals surface area contributed by atoms with Gasteiger partial charge < -0.3 is 9.47 Å². The Balaban J connectivity index is 1.61. The summed E-state index contributed by atoms with van der Waals surface area (Å²) in [6.07, 6.45) is 12.8. The van der Waals surface area contributed by atoms with Crippen LogP contribution in [0, 0.1) is 36.0 Å². The second-order valence-electron chi connectivity index (χ2n) is 6.97. The van der Waals surface area contributed by atoms with Crippen LogP contribution in [-0.4, -0.2) is 36.8 Å². The standard InChI is InChI=1S/C21H20N2O4/c1-3-10-27-17-9-8-16(26-2)11-15(17)12-22-23-20(24)18-13-4-5-14(7-6-13)19(18)21(23)25/h1,4-5,8-9,11-14,18-19H,6-7,10H2,2H3/b22-12-/t13-,14-,18+,19+/m0/s1. The minimum Gasteiger partial charge on any atom is -0.497 e. The molecule has 6 heteroatoms. The van der Waals surface area contributed by atoms with E-state index in [-0.39, 0.29) is 42.1 Å². The molecule has 0 spiro atoms. The van der Waals surface area contributed by atoms with Gasteiger partial charge >= 0.3 is 0 Å². The number of benzene rings is 1. The smallest absolute Gasteiger partial charge is 0.254 e. The number of hydrazone groups is 1. The number of hydrogen-bond donors (Lipinski definition) is 0. The first-order valence-electron chi connectivity index (χ1n) is 8.98. The van der Waals surface area contributed by atoms with E-state index in [9.17, 15) is 9.59 Å². The minimum atomic E-state index is -0.277. The number of allylic oxidation sites excluding steroid dienone is 2. The van der Waals surface area contributed by atoms with Crippen molar-refractivity contribution in [1.29, 1.82) is 0 Å². The van der Waals surface area contributed by atoms with Gasteiger partial charge in [-0.1, -0.05) is 18.1 Å². The summed E-state index contributed by atoms with van der Waals surface area (Å²) >= 11 is 0. The first-order chi connectivity index (χ1) is 13.1. The Morgan fingerprint density at radius 3 is 2.44 bits per heavy atom. The van der Waals surface area contributed by atoms with Crippen molar-refractivity contribution in [3.8, 4) is 23.8 Å². The molecule has 5 rings (SSSR count). The number of imide groups is 1. The summed E-state index contributed by atoms with van der Waals surface area (Å²) < 4.78 is 10.7. The number of amides is 2. The maximum Gasteiger partial charge on any atom is 0.254 e. The third-order valence-corrected chi connectivity index (χ3v) is 5.58. The third kappa shape index (κ3) is 2.89. The molecule has 1 aliphatic heterocycles. The maximum absolute atomic E-state index is 12.8. The quantitative estimate of drug-likeness (QED) is 0.348. The lowest BCUT2D eigenvalue weighted by molar-refractivity contribution is -0.140. The number of carbonyl (C=O) groups is 2. The molecule has 2 bridgehead atoms. The molecule has 3 aliphatic carbocycles. The molecule has 138 valence electrons. The lowest BCUT2D eigenvalue weighted by Crippen LogP contribution is -2.38. The molecule has 2 amide bonds. The summed E-state index contributed by atoms with van der Waals surface area (Å²) in [5.41, 5.74) is 0.584. The van der Waals surface area contributed by atoms with Crippen LogP contribution in [0.4, 0.5) is 0 Å². The molecule has 4 aliphatic rings. The van der Waals surface area contributed by atoms with Gasteiger partial charge in [0.1, 0.15) is 18.1 Å². The van der Waals surface area contributed by atoms with Crippen molar-refractivity contribution in [2.75, 3.05) is 13.7 Å². The zero-order valence-corrected chi connectivity index (χ0v) is 15.0. The van der Waals surface area contributed by atoms with E-state index in [1.165, 1.54) is 6.21 Å². The predicted octanol–water partition coefficient (Wildman–Crippen LogP) is 2.24. The highest BCUT2D eigenvalue weighted by molar-refractivity contribution is 6.06. The fraction of sp³-hybridized carbons (Fsp3) is 0.381. The molecule has 4 atom stereocenters. The van der Waals surface area contributed by atoms with Crippen LogP contribution in [-0.2, 0) is 9.59 Å². The first-order valence-corrected chi connectivity index (χ1v) is 8.98. The Kier molecular flexibility index (Phi) is 4.44. The van der Waals surface area contributed by atoms with E-state index in [2.05, 4.69) is 23.2 Å². The molecule has 1 heterocycles. The number of terminal acetylenes is 1. The Morgan fingerprint density at radius 1 is 1.22 bits per heavy atom.